The molecule has 0 nitrogen and oxygen atoms in total. The molecule has 2 aromatic rings. The largest absolute Gasteiger partial charge is 2.00 e. The van der Waals surface area contributed by atoms with Gasteiger partial charge in [-0.05, 0) is 0 Å². The Bertz CT molecular complexity index is 608. The van der Waals surface area contributed by atoms with Gasteiger partial charge in [-0.2, -0.15) is 11.1 Å². The number of rotatable bonds is 0. The number of allylic oxidation sites excluding steroid dienone is 2. The summed E-state index contributed by atoms with van der Waals surface area (Å²) in [5.41, 5.74) is 5.47. The van der Waals surface area contributed by atoms with Gasteiger partial charge in [0, 0.05) is 0 Å². The molecular weight excluding hydrogens is 331 g/mol. The van der Waals surface area contributed by atoms with Crippen LogP contribution in [-0.2, 0) is 26.2 Å². The molecule has 4 rings (SSSR count). The molecule has 2 unspecified atom stereocenters. The zero-order valence-electron chi connectivity index (χ0n) is 12.4. The van der Waals surface area contributed by atoms with Crippen molar-refractivity contribution in [1.29, 1.82) is 0 Å². The first kappa shape index (κ1) is 16.2. The molecule has 2 aromatic carbocycles. The van der Waals surface area contributed by atoms with E-state index < -0.39 is 0 Å². The predicted molar refractivity (Wildman–Crippen MR) is 85.1 cm³/mol. The summed E-state index contributed by atoms with van der Waals surface area (Å²) in [7, 11) is 0. The summed E-state index contributed by atoms with van der Waals surface area (Å²) in [6, 6.07) is 16.9. The van der Waals surface area contributed by atoms with Crippen LogP contribution >= 0.6 is 0 Å². The van der Waals surface area contributed by atoms with Crippen molar-refractivity contribution in [1.82, 2.24) is 0 Å². The average molecular weight is 350 g/mol. The van der Waals surface area contributed by atoms with E-state index in [0.717, 1.165) is 0 Å². The number of benzene rings is 2. The second-order valence-corrected chi connectivity index (χ2v) is 5.32. The van der Waals surface area contributed by atoms with Gasteiger partial charge in [-0.3, -0.25) is 12.2 Å². The van der Waals surface area contributed by atoms with Crippen molar-refractivity contribution < 1.29 is 26.2 Å². The standard InChI is InChI=1S/2C10H9.Zr/c2*1-8-6-7-9-4-2-3-5-10(8)9;/h2*2-5,7-8H,1H3;/q2*-1;+2. The second kappa shape index (κ2) is 7.18. The Balaban J connectivity index is 0.000000147. The molecule has 0 aromatic heterocycles. The first-order chi connectivity index (χ1) is 9.75. The molecule has 0 spiro atoms. The van der Waals surface area contributed by atoms with E-state index in [0.29, 0.717) is 11.8 Å². The third-order valence-corrected chi connectivity index (χ3v) is 3.90. The van der Waals surface area contributed by atoms with Crippen molar-refractivity contribution in [3.05, 3.63) is 82.9 Å². The Morgan fingerprint density at radius 1 is 0.667 bits per heavy atom. The molecule has 0 heterocycles. The van der Waals surface area contributed by atoms with Crippen LogP contribution in [0.5, 0.6) is 0 Å². The number of hydrogen-bond acceptors (Lipinski definition) is 0. The second-order valence-electron chi connectivity index (χ2n) is 5.32. The van der Waals surface area contributed by atoms with Gasteiger partial charge in [-0.15, -0.1) is 23.3 Å². The fraction of sp³-hybridized carbons (Fsp3) is 0.200. The normalized spacial score (nSPS) is 20.1. The van der Waals surface area contributed by atoms with E-state index in [1.54, 1.807) is 0 Å². The van der Waals surface area contributed by atoms with E-state index in [-0.39, 0.29) is 26.2 Å². The van der Waals surface area contributed by atoms with Gasteiger partial charge in [-0.1, -0.05) is 62.1 Å². The molecule has 1 heteroatoms. The van der Waals surface area contributed by atoms with Gasteiger partial charge >= 0.3 is 26.2 Å². The third kappa shape index (κ3) is 3.53. The van der Waals surface area contributed by atoms with Crippen LogP contribution in [0.25, 0.3) is 12.2 Å². The fourth-order valence-electron chi connectivity index (χ4n) is 2.68. The van der Waals surface area contributed by atoms with Crippen LogP contribution in [-0.4, -0.2) is 0 Å². The Morgan fingerprint density at radius 2 is 1.05 bits per heavy atom. The maximum Gasteiger partial charge on any atom is 2.00 e. The summed E-state index contributed by atoms with van der Waals surface area (Å²) in [6.45, 7) is 4.34. The van der Waals surface area contributed by atoms with Gasteiger partial charge in [0.05, 0.1) is 0 Å². The molecule has 2 atom stereocenters. The van der Waals surface area contributed by atoms with Gasteiger partial charge < -0.3 is 0 Å². The van der Waals surface area contributed by atoms with E-state index >= 15 is 0 Å². The van der Waals surface area contributed by atoms with E-state index in [1.165, 1.54) is 22.3 Å². The first-order valence-corrected chi connectivity index (χ1v) is 7.12. The average Bonchev–Trinajstić information content (AvgIpc) is 3.05. The molecule has 2 aliphatic carbocycles. The Morgan fingerprint density at radius 3 is 1.43 bits per heavy atom. The zero-order chi connectivity index (χ0) is 13.9. The summed E-state index contributed by atoms with van der Waals surface area (Å²) in [6.07, 6.45) is 10.7. The van der Waals surface area contributed by atoms with Crippen LogP contribution < -0.4 is 0 Å². The number of fused-ring (bicyclic) bond motifs is 2. The quantitative estimate of drug-likeness (QED) is 0.571. The minimum Gasteiger partial charge on any atom is -0.269 e. The van der Waals surface area contributed by atoms with Crippen molar-refractivity contribution in [3.63, 3.8) is 0 Å². The van der Waals surface area contributed by atoms with Crippen LogP contribution in [0.15, 0.2) is 48.5 Å². The molecule has 102 valence electrons. The topological polar surface area (TPSA) is 0 Å². The molecule has 0 fully saturated rings. The van der Waals surface area contributed by atoms with Crippen LogP contribution in [0.2, 0.25) is 0 Å². The smallest absolute Gasteiger partial charge is 0.269 e. The van der Waals surface area contributed by atoms with E-state index in [2.05, 4.69) is 86.7 Å². The van der Waals surface area contributed by atoms with Gasteiger partial charge in [0.25, 0.3) is 0 Å². The monoisotopic (exact) mass is 348 g/mol. The summed E-state index contributed by atoms with van der Waals surface area (Å²) < 4.78 is 0. The molecule has 0 radical (unpaired) electrons. The molecule has 0 N–H and O–H groups in total. The minimum atomic E-state index is 0. The maximum atomic E-state index is 3.26. The SMILES string of the molecule is CC1[C-]=Cc2ccccc21.CC1[C-]=Cc2ccccc21.[Zr+2]. The van der Waals surface area contributed by atoms with Crippen molar-refractivity contribution in [2.45, 2.75) is 25.7 Å². The van der Waals surface area contributed by atoms with Crippen molar-refractivity contribution in [2.24, 2.45) is 0 Å². The molecule has 0 amide bonds. The summed E-state index contributed by atoms with van der Waals surface area (Å²) in [5.74, 6) is 0.993. The molecule has 2 aliphatic rings. The Labute approximate surface area is 146 Å². The van der Waals surface area contributed by atoms with Crippen LogP contribution in [0.4, 0.5) is 0 Å². The molecule has 0 bridgehead atoms. The minimum absolute atomic E-state index is 0. The van der Waals surface area contributed by atoms with Crippen molar-refractivity contribution >= 4 is 12.2 Å². The Kier molecular flexibility index (Phi) is 5.53. The van der Waals surface area contributed by atoms with Crippen molar-refractivity contribution in [3.8, 4) is 0 Å². The Hall–Kier alpha value is -1.20. The van der Waals surface area contributed by atoms with E-state index in [1.807, 2.05) is 0 Å². The number of hydrogen-bond donors (Lipinski definition) is 0. The predicted octanol–water partition coefficient (Wildman–Crippen LogP) is 5.24. The van der Waals surface area contributed by atoms with E-state index in [9.17, 15) is 0 Å². The van der Waals surface area contributed by atoms with Crippen molar-refractivity contribution in [2.75, 3.05) is 0 Å². The van der Waals surface area contributed by atoms with Gasteiger partial charge in [0.15, 0.2) is 0 Å². The molecular formula is C20H18Zr. The van der Waals surface area contributed by atoms with Gasteiger partial charge in [-0.25, -0.2) is 12.2 Å². The molecule has 0 aliphatic heterocycles. The molecule has 0 saturated heterocycles. The molecule has 0 saturated carbocycles. The third-order valence-electron chi connectivity index (χ3n) is 3.90. The fourth-order valence-corrected chi connectivity index (χ4v) is 2.68. The van der Waals surface area contributed by atoms with Gasteiger partial charge in [0.1, 0.15) is 0 Å². The first-order valence-electron chi connectivity index (χ1n) is 7.12. The van der Waals surface area contributed by atoms with Crippen LogP contribution in [0.1, 0.15) is 47.9 Å². The summed E-state index contributed by atoms with van der Waals surface area (Å²) >= 11 is 0. The molecule has 21 heavy (non-hydrogen) atoms. The maximum absolute atomic E-state index is 3.26. The summed E-state index contributed by atoms with van der Waals surface area (Å²) in [4.78, 5) is 0. The van der Waals surface area contributed by atoms with Crippen LogP contribution in [0, 0.1) is 12.2 Å². The summed E-state index contributed by atoms with van der Waals surface area (Å²) in [5, 5.41) is 0. The van der Waals surface area contributed by atoms with Crippen LogP contribution in [0.3, 0.4) is 0 Å². The van der Waals surface area contributed by atoms with E-state index in [4.69, 9.17) is 0 Å². The zero-order valence-corrected chi connectivity index (χ0v) is 14.9. The van der Waals surface area contributed by atoms with Gasteiger partial charge in [0.2, 0.25) is 0 Å².